The highest BCUT2D eigenvalue weighted by atomic mass is 19.1. The Hall–Kier alpha value is -3.38. The van der Waals surface area contributed by atoms with Crippen molar-refractivity contribution in [2.24, 2.45) is 0 Å². The van der Waals surface area contributed by atoms with Crippen LogP contribution in [0.3, 0.4) is 0 Å². The van der Waals surface area contributed by atoms with Gasteiger partial charge in [0.2, 0.25) is 0 Å². The molecular formula is C23H22FNO4. The normalized spacial score (nSPS) is 11.6. The highest BCUT2D eigenvalue weighted by Crippen LogP contribution is 2.18. The molecule has 5 nitrogen and oxygen atoms in total. The predicted molar refractivity (Wildman–Crippen MR) is 109 cm³/mol. The highest BCUT2D eigenvalue weighted by molar-refractivity contribution is 6.04. The lowest BCUT2D eigenvalue weighted by atomic mass is 10.1. The summed E-state index contributed by atoms with van der Waals surface area (Å²) in [5, 5.41) is 12.8. The second kappa shape index (κ2) is 9.71. The molecule has 0 aromatic heterocycles. The molecule has 150 valence electrons. The molecule has 0 spiro atoms. The Bertz CT molecular complexity index is 959. The van der Waals surface area contributed by atoms with Crippen molar-refractivity contribution in [3.8, 4) is 11.5 Å². The van der Waals surface area contributed by atoms with Crippen molar-refractivity contribution in [1.29, 1.82) is 0 Å². The Balaban J connectivity index is 1.46. The Morgan fingerprint density at radius 1 is 1.00 bits per heavy atom. The van der Waals surface area contributed by atoms with Crippen LogP contribution >= 0.6 is 0 Å². The maximum absolute atomic E-state index is 13.5. The molecule has 29 heavy (non-hydrogen) atoms. The third kappa shape index (κ3) is 6.05. The number of carbonyl (C=O) groups is 1. The molecule has 0 radical (unpaired) electrons. The molecule has 0 aliphatic rings. The fourth-order valence-corrected chi connectivity index (χ4v) is 2.61. The molecule has 0 fully saturated rings. The van der Waals surface area contributed by atoms with Crippen molar-refractivity contribution < 1.29 is 23.8 Å². The van der Waals surface area contributed by atoms with Gasteiger partial charge in [0.05, 0.1) is 0 Å². The first kappa shape index (κ1) is 20.4. The zero-order valence-corrected chi connectivity index (χ0v) is 16.0. The van der Waals surface area contributed by atoms with Gasteiger partial charge in [0, 0.05) is 11.3 Å². The van der Waals surface area contributed by atoms with Crippen LogP contribution in [0.5, 0.6) is 11.5 Å². The van der Waals surface area contributed by atoms with Gasteiger partial charge in [0.15, 0.2) is 11.6 Å². The van der Waals surface area contributed by atoms with Crippen LogP contribution in [-0.2, 0) is 0 Å². The SMILES string of the molecule is Cc1cccc(C(=O)Nc2ccc(OC[C@H](O)COc3ccccc3F)cc2)c1. The van der Waals surface area contributed by atoms with Gasteiger partial charge in [-0.25, -0.2) is 4.39 Å². The Morgan fingerprint density at radius 3 is 2.45 bits per heavy atom. The van der Waals surface area contributed by atoms with Crippen LogP contribution in [0.1, 0.15) is 15.9 Å². The average molecular weight is 395 g/mol. The molecule has 1 atom stereocenters. The summed E-state index contributed by atoms with van der Waals surface area (Å²) in [6.45, 7) is 1.83. The van der Waals surface area contributed by atoms with E-state index in [0.717, 1.165) is 5.56 Å². The minimum Gasteiger partial charge on any atom is -0.491 e. The van der Waals surface area contributed by atoms with E-state index in [1.165, 1.54) is 12.1 Å². The van der Waals surface area contributed by atoms with Crippen molar-refractivity contribution in [3.05, 3.63) is 89.7 Å². The van der Waals surface area contributed by atoms with Crippen molar-refractivity contribution in [2.45, 2.75) is 13.0 Å². The van der Waals surface area contributed by atoms with Gasteiger partial charge >= 0.3 is 0 Å². The van der Waals surface area contributed by atoms with E-state index >= 15 is 0 Å². The number of anilines is 1. The summed E-state index contributed by atoms with van der Waals surface area (Å²) in [6.07, 6.45) is -0.921. The highest BCUT2D eigenvalue weighted by Gasteiger charge is 2.10. The van der Waals surface area contributed by atoms with Crippen molar-refractivity contribution in [2.75, 3.05) is 18.5 Å². The van der Waals surface area contributed by atoms with E-state index in [-0.39, 0.29) is 24.9 Å². The van der Waals surface area contributed by atoms with Crippen LogP contribution in [0, 0.1) is 12.7 Å². The predicted octanol–water partition coefficient (Wildman–Crippen LogP) is 4.21. The first-order valence-corrected chi connectivity index (χ1v) is 9.17. The van der Waals surface area contributed by atoms with Crippen LogP contribution in [0.2, 0.25) is 0 Å². The largest absolute Gasteiger partial charge is 0.491 e. The van der Waals surface area contributed by atoms with E-state index in [0.29, 0.717) is 17.0 Å². The molecule has 0 saturated carbocycles. The average Bonchev–Trinajstić information content (AvgIpc) is 2.72. The number of aryl methyl sites for hydroxylation is 1. The molecule has 3 rings (SSSR count). The number of para-hydroxylation sites is 1. The summed E-state index contributed by atoms with van der Waals surface area (Å²) in [7, 11) is 0. The molecule has 0 bridgehead atoms. The molecule has 1 amide bonds. The van der Waals surface area contributed by atoms with E-state index in [1.54, 1.807) is 42.5 Å². The smallest absolute Gasteiger partial charge is 0.255 e. The molecule has 6 heteroatoms. The monoisotopic (exact) mass is 395 g/mol. The number of nitrogens with one attached hydrogen (secondary N) is 1. The first-order chi connectivity index (χ1) is 14.0. The number of aliphatic hydroxyl groups excluding tert-OH is 1. The lowest BCUT2D eigenvalue weighted by molar-refractivity contribution is 0.0613. The van der Waals surface area contributed by atoms with Crippen LogP contribution in [0.15, 0.2) is 72.8 Å². The van der Waals surface area contributed by atoms with Crippen LogP contribution in [0.4, 0.5) is 10.1 Å². The zero-order valence-electron chi connectivity index (χ0n) is 16.0. The van der Waals surface area contributed by atoms with Gasteiger partial charge in [-0.05, 0) is 55.5 Å². The number of benzene rings is 3. The molecule has 0 unspecified atom stereocenters. The van der Waals surface area contributed by atoms with Crippen LogP contribution in [0.25, 0.3) is 0 Å². The summed E-state index contributed by atoms with van der Waals surface area (Å²) in [4.78, 5) is 12.3. The molecule has 0 aliphatic carbocycles. The van der Waals surface area contributed by atoms with Crippen molar-refractivity contribution in [3.63, 3.8) is 0 Å². The van der Waals surface area contributed by atoms with Gasteiger partial charge in [-0.3, -0.25) is 4.79 Å². The minimum atomic E-state index is -0.921. The summed E-state index contributed by atoms with van der Waals surface area (Å²) < 4.78 is 24.2. The Morgan fingerprint density at radius 2 is 1.72 bits per heavy atom. The first-order valence-electron chi connectivity index (χ1n) is 9.17. The lowest BCUT2D eigenvalue weighted by Gasteiger charge is -2.14. The zero-order chi connectivity index (χ0) is 20.6. The number of aliphatic hydroxyl groups is 1. The molecule has 3 aromatic rings. The van der Waals surface area contributed by atoms with Gasteiger partial charge in [-0.15, -0.1) is 0 Å². The summed E-state index contributed by atoms with van der Waals surface area (Å²) >= 11 is 0. The number of ether oxygens (including phenoxy) is 2. The van der Waals surface area contributed by atoms with Crippen molar-refractivity contribution >= 4 is 11.6 Å². The number of hydrogen-bond donors (Lipinski definition) is 2. The maximum atomic E-state index is 13.5. The molecule has 0 saturated heterocycles. The fraction of sp³-hybridized carbons (Fsp3) is 0.174. The second-order valence-corrected chi connectivity index (χ2v) is 6.55. The summed E-state index contributed by atoms with van der Waals surface area (Å²) in [5.41, 5.74) is 2.23. The fourth-order valence-electron chi connectivity index (χ4n) is 2.61. The van der Waals surface area contributed by atoms with E-state index in [1.807, 2.05) is 25.1 Å². The Labute approximate surface area is 168 Å². The molecule has 0 aliphatic heterocycles. The molecular weight excluding hydrogens is 373 g/mol. The topological polar surface area (TPSA) is 67.8 Å². The van der Waals surface area contributed by atoms with Gasteiger partial charge in [-0.2, -0.15) is 0 Å². The number of halogens is 1. The van der Waals surface area contributed by atoms with E-state index in [2.05, 4.69) is 5.32 Å². The maximum Gasteiger partial charge on any atom is 0.255 e. The number of carbonyl (C=O) groups excluding carboxylic acids is 1. The lowest BCUT2D eigenvalue weighted by Crippen LogP contribution is -2.25. The third-order valence-corrected chi connectivity index (χ3v) is 4.10. The minimum absolute atomic E-state index is 0.0105. The third-order valence-electron chi connectivity index (χ3n) is 4.10. The number of hydrogen-bond acceptors (Lipinski definition) is 4. The standard InChI is InChI=1S/C23H22FNO4/c1-16-5-4-6-17(13-16)23(27)25-18-9-11-20(12-10-18)28-14-19(26)15-29-22-8-3-2-7-21(22)24/h2-13,19,26H,14-15H2,1H3,(H,25,27)/t19-/m0/s1. The van der Waals surface area contributed by atoms with E-state index in [9.17, 15) is 14.3 Å². The Kier molecular flexibility index (Phi) is 6.81. The van der Waals surface area contributed by atoms with Crippen LogP contribution in [-0.4, -0.2) is 30.3 Å². The van der Waals surface area contributed by atoms with Gasteiger partial charge in [0.25, 0.3) is 5.91 Å². The van der Waals surface area contributed by atoms with Gasteiger partial charge in [-0.1, -0.05) is 29.8 Å². The quantitative estimate of drug-likeness (QED) is 0.600. The van der Waals surface area contributed by atoms with Crippen LogP contribution < -0.4 is 14.8 Å². The van der Waals surface area contributed by atoms with E-state index < -0.39 is 11.9 Å². The second-order valence-electron chi connectivity index (χ2n) is 6.55. The van der Waals surface area contributed by atoms with E-state index in [4.69, 9.17) is 9.47 Å². The van der Waals surface area contributed by atoms with Gasteiger partial charge < -0.3 is 19.9 Å². The molecule has 2 N–H and O–H groups in total. The number of amides is 1. The molecule has 3 aromatic carbocycles. The van der Waals surface area contributed by atoms with Crippen molar-refractivity contribution in [1.82, 2.24) is 0 Å². The summed E-state index contributed by atoms with van der Waals surface area (Å²) in [6, 6.07) is 20.1. The molecule has 0 heterocycles. The van der Waals surface area contributed by atoms with Gasteiger partial charge in [0.1, 0.15) is 25.1 Å². The summed E-state index contributed by atoms with van der Waals surface area (Å²) in [5.74, 6) is -0.0595. The number of rotatable bonds is 8.